The Bertz CT molecular complexity index is 282. The Hall–Kier alpha value is -0.650. The number of rotatable bonds is 12. The third-order valence-corrected chi connectivity index (χ3v) is 4.43. The van der Waals surface area contributed by atoms with Gasteiger partial charge in [0.2, 0.25) is 0 Å². The lowest BCUT2D eigenvalue weighted by atomic mass is 9.93. The quantitative estimate of drug-likeness (QED) is 0.369. The van der Waals surface area contributed by atoms with Crippen LogP contribution in [0.1, 0.15) is 85.5 Å². The van der Waals surface area contributed by atoms with Gasteiger partial charge in [-0.2, -0.15) is 0 Å². The number of hydrogen-bond acceptors (Lipinski definition) is 4. The Morgan fingerprint density at radius 2 is 1.38 bits per heavy atom. The summed E-state index contributed by atoms with van der Waals surface area (Å²) in [6, 6.07) is 0. The maximum Gasteiger partial charge on any atom is 0.303 e. The number of carbonyl (C=O) groups is 1. The van der Waals surface area contributed by atoms with Crippen molar-refractivity contribution in [2.24, 2.45) is 5.92 Å². The minimum absolute atomic E-state index is 0.0116. The van der Waals surface area contributed by atoms with Gasteiger partial charge in [0, 0.05) is 6.42 Å². The van der Waals surface area contributed by atoms with Gasteiger partial charge in [0.25, 0.3) is 0 Å². The minimum atomic E-state index is -1.11. The van der Waals surface area contributed by atoms with Gasteiger partial charge in [-0.25, -0.2) is 0 Å². The fourth-order valence-electron chi connectivity index (χ4n) is 2.78. The number of aliphatic carboxylic acids is 1. The Morgan fingerprint density at radius 3 is 1.62 bits per heavy atom. The van der Waals surface area contributed by atoms with Gasteiger partial charge in [0.15, 0.2) is 0 Å². The van der Waals surface area contributed by atoms with Gasteiger partial charge in [-0.1, -0.05) is 65.7 Å². The number of carboxylic acids is 1. The first kappa shape index (κ1) is 25.6. The second kappa shape index (κ2) is 14.7. The molecule has 0 aliphatic rings. The summed E-state index contributed by atoms with van der Waals surface area (Å²) in [4.78, 5) is 11.8. The molecule has 0 rings (SSSR count). The molecule has 5 heteroatoms. The number of likely N-dealkylation sites (N-methyl/N-ethyl adjacent to an activating group) is 1. The molecule has 0 fully saturated rings. The van der Waals surface area contributed by atoms with Crippen molar-refractivity contribution in [1.82, 2.24) is 4.90 Å². The normalized spacial score (nSPS) is 14.9. The fraction of sp³-hybridized carbons (Fsp3) is 0.947. The number of nitrogens with zero attached hydrogens (tertiary/aromatic N) is 1. The first-order valence-corrected chi connectivity index (χ1v) is 9.40. The van der Waals surface area contributed by atoms with Gasteiger partial charge in [-0.3, -0.25) is 9.69 Å². The molecule has 0 aliphatic heterocycles. The molecule has 0 amide bonds. The summed E-state index contributed by atoms with van der Waals surface area (Å²) in [6.07, 6.45) is 9.31. The van der Waals surface area contributed by atoms with Crippen molar-refractivity contribution in [3.63, 3.8) is 0 Å². The van der Waals surface area contributed by atoms with E-state index < -0.39 is 17.8 Å². The molecule has 0 aromatic rings. The highest BCUT2D eigenvalue weighted by Crippen LogP contribution is 2.23. The fourth-order valence-corrected chi connectivity index (χ4v) is 2.78. The Kier molecular flexibility index (Phi) is 15.6. The van der Waals surface area contributed by atoms with E-state index in [1.807, 2.05) is 13.8 Å². The summed E-state index contributed by atoms with van der Waals surface area (Å²) in [7, 11) is 3.51. The molecule has 0 aliphatic carbocycles. The lowest BCUT2D eigenvalue weighted by Crippen LogP contribution is -2.56. The number of carboxylic acid groups (broad SMARTS) is 1. The first-order chi connectivity index (χ1) is 11.1. The van der Waals surface area contributed by atoms with E-state index in [2.05, 4.69) is 6.92 Å². The van der Waals surface area contributed by atoms with E-state index in [9.17, 15) is 15.0 Å². The highest BCUT2D eigenvalue weighted by molar-refractivity contribution is 5.66. The summed E-state index contributed by atoms with van der Waals surface area (Å²) >= 11 is 0. The SMILES string of the molecule is CC(C)C(O)(C(C)O)N(C)C.CCCCCCCCCCC(=O)O. The van der Waals surface area contributed by atoms with Crippen LogP contribution in [0, 0.1) is 5.92 Å². The van der Waals surface area contributed by atoms with Gasteiger partial charge in [-0.15, -0.1) is 0 Å². The minimum Gasteiger partial charge on any atom is -0.481 e. The van der Waals surface area contributed by atoms with E-state index in [0.717, 1.165) is 12.8 Å². The molecule has 0 spiro atoms. The number of hydrogen-bond donors (Lipinski definition) is 3. The molecular formula is C19H41NO4. The topological polar surface area (TPSA) is 81.0 Å². The van der Waals surface area contributed by atoms with E-state index in [1.165, 1.54) is 38.5 Å². The van der Waals surface area contributed by atoms with Crippen LogP contribution in [0.3, 0.4) is 0 Å². The second-order valence-electron chi connectivity index (χ2n) is 7.13. The van der Waals surface area contributed by atoms with E-state index >= 15 is 0 Å². The molecule has 0 heterocycles. The van der Waals surface area contributed by atoms with Crippen LogP contribution < -0.4 is 0 Å². The van der Waals surface area contributed by atoms with Crippen LogP contribution in [0.5, 0.6) is 0 Å². The van der Waals surface area contributed by atoms with Gasteiger partial charge in [0.1, 0.15) is 5.72 Å². The average Bonchev–Trinajstić information content (AvgIpc) is 2.48. The molecule has 0 saturated heterocycles. The summed E-state index contributed by atoms with van der Waals surface area (Å²) in [5.41, 5.74) is -1.11. The molecule has 146 valence electrons. The maximum absolute atomic E-state index is 10.2. The zero-order valence-electron chi connectivity index (χ0n) is 16.7. The van der Waals surface area contributed by atoms with E-state index in [0.29, 0.717) is 6.42 Å². The zero-order chi connectivity index (χ0) is 19.2. The maximum atomic E-state index is 10.2. The van der Waals surface area contributed by atoms with Crippen LogP contribution >= 0.6 is 0 Å². The molecule has 2 unspecified atom stereocenters. The van der Waals surface area contributed by atoms with Crippen LogP contribution in [-0.4, -0.2) is 52.1 Å². The second-order valence-corrected chi connectivity index (χ2v) is 7.13. The predicted octanol–water partition coefficient (Wildman–Crippen LogP) is 3.88. The Labute approximate surface area is 149 Å². The van der Waals surface area contributed by atoms with Crippen molar-refractivity contribution < 1.29 is 20.1 Å². The third kappa shape index (κ3) is 11.8. The molecule has 24 heavy (non-hydrogen) atoms. The molecule has 0 aromatic carbocycles. The summed E-state index contributed by atoms with van der Waals surface area (Å²) in [6.45, 7) is 7.58. The predicted molar refractivity (Wildman–Crippen MR) is 100 cm³/mol. The lowest BCUT2D eigenvalue weighted by molar-refractivity contribution is -0.183. The number of aliphatic hydroxyl groups is 2. The molecule has 0 saturated carbocycles. The highest BCUT2D eigenvalue weighted by Gasteiger charge is 2.38. The molecule has 0 radical (unpaired) electrons. The standard InChI is InChI=1S/C11H22O2.C8H19NO2/c1-2-3-4-5-6-7-8-9-10-11(12)13;1-6(2)8(11,7(3)10)9(4)5/h2-10H2,1H3,(H,12,13);6-7,10-11H,1-5H3. The van der Waals surface area contributed by atoms with Gasteiger partial charge in [-0.05, 0) is 33.4 Å². The molecule has 2 atom stereocenters. The third-order valence-electron chi connectivity index (χ3n) is 4.43. The molecule has 3 N–H and O–H groups in total. The van der Waals surface area contributed by atoms with Gasteiger partial charge >= 0.3 is 5.97 Å². The van der Waals surface area contributed by atoms with Crippen LogP contribution in [0.25, 0.3) is 0 Å². The van der Waals surface area contributed by atoms with Crippen LogP contribution in [0.15, 0.2) is 0 Å². The summed E-state index contributed by atoms with van der Waals surface area (Å²) < 4.78 is 0. The van der Waals surface area contributed by atoms with Crippen LogP contribution in [0.4, 0.5) is 0 Å². The Balaban J connectivity index is 0. The summed E-state index contributed by atoms with van der Waals surface area (Å²) in [5, 5.41) is 27.6. The van der Waals surface area contributed by atoms with Crippen molar-refractivity contribution in [3.8, 4) is 0 Å². The van der Waals surface area contributed by atoms with Crippen LogP contribution in [0.2, 0.25) is 0 Å². The van der Waals surface area contributed by atoms with E-state index in [-0.39, 0.29) is 5.92 Å². The highest BCUT2D eigenvalue weighted by atomic mass is 16.4. The van der Waals surface area contributed by atoms with Crippen molar-refractivity contribution in [2.45, 2.75) is 97.3 Å². The Morgan fingerprint density at radius 1 is 0.958 bits per heavy atom. The number of unbranched alkanes of at least 4 members (excludes halogenated alkanes) is 7. The summed E-state index contributed by atoms with van der Waals surface area (Å²) in [5.74, 6) is -0.650. The van der Waals surface area contributed by atoms with Gasteiger partial charge in [0.05, 0.1) is 6.10 Å². The largest absolute Gasteiger partial charge is 0.481 e. The molecule has 5 nitrogen and oxygen atoms in total. The van der Waals surface area contributed by atoms with Crippen LogP contribution in [-0.2, 0) is 4.79 Å². The van der Waals surface area contributed by atoms with Crippen molar-refractivity contribution in [1.29, 1.82) is 0 Å². The molecule has 0 aromatic heterocycles. The molecular weight excluding hydrogens is 306 g/mol. The van der Waals surface area contributed by atoms with E-state index in [4.69, 9.17) is 5.11 Å². The zero-order valence-corrected chi connectivity index (χ0v) is 16.7. The smallest absolute Gasteiger partial charge is 0.303 e. The first-order valence-electron chi connectivity index (χ1n) is 9.40. The van der Waals surface area contributed by atoms with Crippen molar-refractivity contribution in [2.75, 3.05) is 14.1 Å². The van der Waals surface area contributed by atoms with Gasteiger partial charge < -0.3 is 15.3 Å². The van der Waals surface area contributed by atoms with E-state index in [1.54, 1.807) is 25.9 Å². The van der Waals surface area contributed by atoms with Crippen molar-refractivity contribution in [3.05, 3.63) is 0 Å². The average molecular weight is 348 g/mol. The monoisotopic (exact) mass is 347 g/mol. The molecule has 0 bridgehead atoms. The lowest BCUT2D eigenvalue weighted by Gasteiger charge is -2.40. The number of aliphatic hydroxyl groups excluding tert-OH is 1. The van der Waals surface area contributed by atoms with Crippen molar-refractivity contribution >= 4 is 5.97 Å².